The van der Waals surface area contributed by atoms with E-state index in [1.807, 2.05) is 12.1 Å². The number of rotatable bonds is 4. The lowest BCUT2D eigenvalue weighted by molar-refractivity contribution is -0.136. The van der Waals surface area contributed by atoms with Crippen molar-refractivity contribution in [2.45, 2.75) is 56.9 Å². The molecule has 0 spiro atoms. The van der Waals surface area contributed by atoms with Gasteiger partial charge in [-0.25, -0.2) is 0 Å². The Morgan fingerprint density at radius 1 is 1.19 bits per heavy atom. The maximum atomic E-state index is 12.9. The second kappa shape index (κ2) is 6.42. The van der Waals surface area contributed by atoms with Crippen molar-refractivity contribution in [2.24, 2.45) is 5.92 Å². The fourth-order valence-corrected chi connectivity index (χ4v) is 4.84. The summed E-state index contributed by atoms with van der Waals surface area (Å²) in [6, 6.07) is 6.50. The molecule has 1 aromatic carbocycles. The van der Waals surface area contributed by atoms with Crippen molar-refractivity contribution in [1.29, 1.82) is 0 Å². The van der Waals surface area contributed by atoms with Gasteiger partial charge in [-0.1, -0.05) is 12.1 Å². The van der Waals surface area contributed by atoms with E-state index in [1.54, 1.807) is 4.90 Å². The largest absolute Gasteiger partial charge is 0.322 e. The molecule has 0 radical (unpaired) electrons. The molecule has 2 saturated heterocycles. The van der Waals surface area contributed by atoms with Gasteiger partial charge >= 0.3 is 0 Å². The summed E-state index contributed by atoms with van der Waals surface area (Å²) in [5.74, 6) is 0.00907. The van der Waals surface area contributed by atoms with Crippen LogP contribution in [0.2, 0.25) is 0 Å². The SMILES string of the molecule is O=C1CCC(N2Cc3c(CNC4CCNC5CC45)cccc3C2=O)C(=O)N1. The van der Waals surface area contributed by atoms with Gasteiger partial charge in [-0.05, 0) is 48.9 Å². The van der Waals surface area contributed by atoms with Crippen LogP contribution >= 0.6 is 0 Å². The van der Waals surface area contributed by atoms with Crippen LogP contribution in [-0.2, 0) is 22.7 Å². The monoisotopic (exact) mass is 368 g/mol. The number of nitrogens with one attached hydrogen (secondary N) is 3. The second-order valence-electron chi connectivity index (χ2n) is 8.08. The molecule has 4 atom stereocenters. The number of hydrogen-bond donors (Lipinski definition) is 3. The van der Waals surface area contributed by atoms with Gasteiger partial charge < -0.3 is 15.5 Å². The highest BCUT2D eigenvalue weighted by Gasteiger charge is 2.45. The Labute approximate surface area is 157 Å². The van der Waals surface area contributed by atoms with Crippen molar-refractivity contribution < 1.29 is 14.4 Å². The van der Waals surface area contributed by atoms with Crippen LogP contribution in [-0.4, -0.2) is 47.3 Å². The molecule has 1 saturated carbocycles. The van der Waals surface area contributed by atoms with E-state index in [9.17, 15) is 14.4 Å². The Bertz CT molecular complexity index is 823. The van der Waals surface area contributed by atoms with Gasteiger partial charge in [-0.15, -0.1) is 0 Å². The molecule has 5 rings (SSSR count). The summed E-state index contributed by atoms with van der Waals surface area (Å²) in [6.45, 7) is 2.25. The first kappa shape index (κ1) is 16.9. The summed E-state index contributed by atoms with van der Waals surface area (Å²) in [6.07, 6.45) is 3.07. The number of imide groups is 1. The number of amides is 3. The predicted octanol–water partition coefficient (Wildman–Crippen LogP) is 0.288. The topological polar surface area (TPSA) is 90.5 Å². The summed E-state index contributed by atoms with van der Waals surface area (Å²) in [7, 11) is 0. The highest BCUT2D eigenvalue weighted by atomic mass is 16.2. The number of carbonyl (C=O) groups excluding carboxylic acids is 3. The number of nitrogens with zero attached hydrogens (tertiary/aromatic N) is 1. The molecule has 3 aliphatic heterocycles. The van der Waals surface area contributed by atoms with Crippen LogP contribution < -0.4 is 16.0 Å². The molecule has 7 heteroatoms. The van der Waals surface area contributed by atoms with Gasteiger partial charge in [0.15, 0.2) is 0 Å². The van der Waals surface area contributed by atoms with E-state index >= 15 is 0 Å². The Hall–Kier alpha value is -2.25. The van der Waals surface area contributed by atoms with Gasteiger partial charge in [0.25, 0.3) is 5.91 Å². The summed E-state index contributed by atoms with van der Waals surface area (Å²) in [5.41, 5.74) is 2.83. The number of piperidine rings is 2. The summed E-state index contributed by atoms with van der Waals surface area (Å²) in [5, 5.41) is 9.57. The minimum Gasteiger partial charge on any atom is -0.322 e. The van der Waals surface area contributed by atoms with Gasteiger partial charge in [0.1, 0.15) is 6.04 Å². The average molecular weight is 368 g/mol. The van der Waals surface area contributed by atoms with Crippen molar-refractivity contribution >= 4 is 17.7 Å². The maximum absolute atomic E-state index is 12.9. The quantitative estimate of drug-likeness (QED) is 0.665. The van der Waals surface area contributed by atoms with Gasteiger partial charge in [-0.3, -0.25) is 19.7 Å². The van der Waals surface area contributed by atoms with Crippen LogP contribution in [0.5, 0.6) is 0 Å². The number of hydrogen-bond acceptors (Lipinski definition) is 5. The van der Waals surface area contributed by atoms with Crippen LogP contribution in [0.25, 0.3) is 0 Å². The third-order valence-corrected chi connectivity index (χ3v) is 6.45. The van der Waals surface area contributed by atoms with E-state index in [2.05, 4.69) is 22.0 Å². The van der Waals surface area contributed by atoms with Gasteiger partial charge in [0.2, 0.25) is 11.8 Å². The molecular formula is C20H24N4O3. The van der Waals surface area contributed by atoms with Crippen molar-refractivity contribution in [1.82, 2.24) is 20.9 Å². The van der Waals surface area contributed by atoms with Crippen molar-refractivity contribution in [3.8, 4) is 0 Å². The highest BCUT2D eigenvalue weighted by molar-refractivity contribution is 6.05. The van der Waals surface area contributed by atoms with Gasteiger partial charge in [0, 0.05) is 37.2 Å². The molecule has 142 valence electrons. The van der Waals surface area contributed by atoms with E-state index in [0.29, 0.717) is 30.6 Å². The third kappa shape index (κ3) is 2.95. The first-order valence-corrected chi connectivity index (χ1v) is 9.84. The Morgan fingerprint density at radius 3 is 2.93 bits per heavy atom. The Morgan fingerprint density at radius 2 is 2.07 bits per heavy atom. The molecule has 0 bridgehead atoms. The summed E-state index contributed by atoms with van der Waals surface area (Å²) < 4.78 is 0. The molecule has 27 heavy (non-hydrogen) atoms. The zero-order valence-corrected chi connectivity index (χ0v) is 15.2. The van der Waals surface area contributed by atoms with Crippen LogP contribution in [0.1, 0.15) is 47.2 Å². The van der Waals surface area contributed by atoms with Gasteiger partial charge in [-0.2, -0.15) is 0 Å². The zero-order chi connectivity index (χ0) is 18.5. The second-order valence-corrected chi connectivity index (χ2v) is 8.08. The Kier molecular flexibility index (Phi) is 4.02. The molecule has 4 unspecified atom stereocenters. The summed E-state index contributed by atoms with van der Waals surface area (Å²) in [4.78, 5) is 38.1. The third-order valence-electron chi connectivity index (χ3n) is 6.45. The number of fused-ring (bicyclic) bond motifs is 2. The lowest BCUT2D eigenvalue weighted by Gasteiger charge is -2.29. The first-order chi connectivity index (χ1) is 13.1. The predicted molar refractivity (Wildman–Crippen MR) is 97.6 cm³/mol. The number of carbonyl (C=O) groups is 3. The lowest BCUT2D eigenvalue weighted by Crippen LogP contribution is -2.52. The molecule has 3 heterocycles. The van der Waals surface area contributed by atoms with Crippen molar-refractivity contribution in [2.75, 3.05) is 6.54 Å². The average Bonchev–Trinajstić information content (AvgIpc) is 3.38. The van der Waals surface area contributed by atoms with E-state index < -0.39 is 6.04 Å². The molecule has 3 N–H and O–H groups in total. The van der Waals surface area contributed by atoms with Crippen LogP contribution in [0.15, 0.2) is 18.2 Å². The van der Waals surface area contributed by atoms with Crippen molar-refractivity contribution in [3.63, 3.8) is 0 Å². The van der Waals surface area contributed by atoms with Crippen LogP contribution in [0, 0.1) is 5.92 Å². The summed E-state index contributed by atoms with van der Waals surface area (Å²) >= 11 is 0. The molecular weight excluding hydrogens is 344 g/mol. The molecule has 3 amide bonds. The molecule has 3 fully saturated rings. The lowest BCUT2D eigenvalue weighted by atomic mass is 10.0. The molecule has 0 aromatic heterocycles. The molecule has 1 aromatic rings. The van der Waals surface area contributed by atoms with E-state index in [4.69, 9.17) is 0 Å². The van der Waals surface area contributed by atoms with Crippen LogP contribution in [0.4, 0.5) is 0 Å². The minimum atomic E-state index is -0.556. The normalized spacial score (nSPS) is 32.1. The van der Waals surface area contributed by atoms with E-state index in [0.717, 1.165) is 36.6 Å². The van der Waals surface area contributed by atoms with E-state index in [-0.39, 0.29) is 24.1 Å². The van der Waals surface area contributed by atoms with Gasteiger partial charge in [0.05, 0.1) is 0 Å². The maximum Gasteiger partial charge on any atom is 0.255 e. The molecule has 4 aliphatic rings. The molecule has 1 aliphatic carbocycles. The van der Waals surface area contributed by atoms with Crippen molar-refractivity contribution in [3.05, 3.63) is 34.9 Å². The zero-order valence-electron chi connectivity index (χ0n) is 15.2. The standard InChI is InChI=1S/C20H24N4O3/c25-18-5-4-17(19(26)23-18)24-10-14-11(2-1-3-12(14)20(24)27)9-22-15-6-7-21-16-8-13(15)16/h1-3,13,15-17,21-22H,4-10H2,(H,23,25,26). The fraction of sp³-hybridized carbons (Fsp3) is 0.550. The highest BCUT2D eigenvalue weighted by Crippen LogP contribution is 2.38. The van der Waals surface area contributed by atoms with Crippen LogP contribution in [0.3, 0.4) is 0 Å². The fourth-order valence-electron chi connectivity index (χ4n) is 4.84. The van der Waals surface area contributed by atoms with E-state index in [1.165, 1.54) is 6.42 Å². The first-order valence-electron chi connectivity index (χ1n) is 9.84. The smallest absolute Gasteiger partial charge is 0.255 e. The molecule has 7 nitrogen and oxygen atoms in total. The number of benzene rings is 1. The Balaban J connectivity index is 1.31. The minimum absolute atomic E-state index is 0.106.